The number of ether oxygens (including phenoxy) is 1. The van der Waals surface area contributed by atoms with Gasteiger partial charge < -0.3 is 10.5 Å². The van der Waals surface area contributed by atoms with Crippen LogP contribution in [0, 0.1) is 5.92 Å². The Hall–Kier alpha value is -1.06. The standard InChI is InChI=1S/C17H30N2O/c1-6-17(14-7-9-15(20-5)10-8-14)19(4)12-11-16(18)13(2)3/h7-10,13,16-17H,6,11-12,18H2,1-5H3. The van der Waals surface area contributed by atoms with Crippen molar-refractivity contribution in [2.24, 2.45) is 11.7 Å². The molecule has 20 heavy (non-hydrogen) atoms. The molecular formula is C17H30N2O. The molecule has 0 saturated carbocycles. The van der Waals surface area contributed by atoms with E-state index in [1.807, 2.05) is 12.1 Å². The van der Waals surface area contributed by atoms with E-state index < -0.39 is 0 Å². The lowest BCUT2D eigenvalue weighted by Crippen LogP contribution is -2.33. The van der Waals surface area contributed by atoms with E-state index >= 15 is 0 Å². The lowest BCUT2D eigenvalue weighted by molar-refractivity contribution is 0.223. The van der Waals surface area contributed by atoms with Gasteiger partial charge in [-0.25, -0.2) is 0 Å². The summed E-state index contributed by atoms with van der Waals surface area (Å²) in [5.74, 6) is 1.46. The first-order valence-corrected chi connectivity index (χ1v) is 7.59. The van der Waals surface area contributed by atoms with Crippen molar-refractivity contribution in [3.63, 3.8) is 0 Å². The zero-order valence-electron chi connectivity index (χ0n) is 13.6. The van der Waals surface area contributed by atoms with Gasteiger partial charge in [-0.05, 0) is 50.0 Å². The van der Waals surface area contributed by atoms with Crippen LogP contribution in [0.1, 0.15) is 45.2 Å². The van der Waals surface area contributed by atoms with Crippen LogP contribution < -0.4 is 10.5 Å². The molecule has 114 valence electrons. The lowest BCUT2D eigenvalue weighted by atomic mass is 9.99. The summed E-state index contributed by atoms with van der Waals surface area (Å²) in [5, 5.41) is 0. The Morgan fingerprint density at radius 1 is 1.20 bits per heavy atom. The van der Waals surface area contributed by atoms with Gasteiger partial charge in [-0.2, -0.15) is 0 Å². The fourth-order valence-corrected chi connectivity index (χ4v) is 2.47. The Labute approximate surface area is 124 Å². The molecule has 0 bridgehead atoms. The minimum absolute atomic E-state index is 0.283. The molecule has 0 aliphatic heterocycles. The predicted molar refractivity (Wildman–Crippen MR) is 86.1 cm³/mol. The van der Waals surface area contributed by atoms with Crippen molar-refractivity contribution in [3.8, 4) is 5.75 Å². The molecule has 0 amide bonds. The number of rotatable bonds is 8. The Morgan fingerprint density at radius 3 is 2.25 bits per heavy atom. The summed E-state index contributed by atoms with van der Waals surface area (Å²) >= 11 is 0. The van der Waals surface area contributed by atoms with Gasteiger partial charge in [-0.3, -0.25) is 4.90 Å². The molecule has 0 fully saturated rings. The van der Waals surface area contributed by atoms with Crippen molar-refractivity contribution in [1.29, 1.82) is 0 Å². The number of nitrogens with two attached hydrogens (primary N) is 1. The van der Waals surface area contributed by atoms with Crippen LogP contribution in [0.5, 0.6) is 5.75 Å². The van der Waals surface area contributed by atoms with Crippen LogP contribution in [-0.4, -0.2) is 31.6 Å². The zero-order valence-corrected chi connectivity index (χ0v) is 13.6. The van der Waals surface area contributed by atoms with Gasteiger partial charge >= 0.3 is 0 Å². The number of methoxy groups -OCH3 is 1. The van der Waals surface area contributed by atoms with Crippen molar-refractivity contribution in [2.45, 2.75) is 45.7 Å². The van der Waals surface area contributed by atoms with E-state index in [0.717, 1.165) is 25.1 Å². The first-order chi connectivity index (χ1) is 9.49. The highest BCUT2D eigenvalue weighted by molar-refractivity contribution is 5.29. The van der Waals surface area contributed by atoms with Crippen LogP contribution in [-0.2, 0) is 0 Å². The van der Waals surface area contributed by atoms with Crippen molar-refractivity contribution in [2.75, 3.05) is 20.7 Å². The molecule has 1 aromatic carbocycles. The van der Waals surface area contributed by atoms with Gasteiger partial charge in [0.15, 0.2) is 0 Å². The maximum absolute atomic E-state index is 6.14. The van der Waals surface area contributed by atoms with Crippen LogP contribution in [0.3, 0.4) is 0 Å². The van der Waals surface area contributed by atoms with Crippen LogP contribution in [0.15, 0.2) is 24.3 Å². The molecular weight excluding hydrogens is 248 g/mol. The third-order valence-corrected chi connectivity index (χ3v) is 4.09. The van der Waals surface area contributed by atoms with E-state index in [0.29, 0.717) is 12.0 Å². The molecule has 0 heterocycles. The van der Waals surface area contributed by atoms with Gasteiger partial charge in [0.1, 0.15) is 5.75 Å². The van der Waals surface area contributed by atoms with E-state index in [9.17, 15) is 0 Å². The number of benzene rings is 1. The first kappa shape index (κ1) is 17.0. The van der Waals surface area contributed by atoms with E-state index in [1.54, 1.807) is 7.11 Å². The summed E-state index contributed by atoms with van der Waals surface area (Å²) in [6, 6.07) is 9.11. The quantitative estimate of drug-likeness (QED) is 0.791. The molecule has 2 atom stereocenters. The van der Waals surface area contributed by atoms with E-state index in [4.69, 9.17) is 10.5 Å². The van der Waals surface area contributed by atoms with Crippen LogP contribution in [0.2, 0.25) is 0 Å². The average molecular weight is 278 g/mol. The molecule has 3 nitrogen and oxygen atoms in total. The minimum atomic E-state index is 0.283. The molecule has 0 aliphatic rings. The largest absolute Gasteiger partial charge is 0.497 e. The van der Waals surface area contributed by atoms with E-state index in [2.05, 4.69) is 44.9 Å². The molecule has 1 aromatic rings. The Kier molecular flexibility index (Phi) is 7.03. The molecule has 3 heteroatoms. The average Bonchev–Trinajstić information content (AvgIpc) is 2.46. The van der Waals surface area contributed by atoms with Crippen molar-refractivity contribution >= 4 is 0 Å². The fraction of sp³-hybridized carbons (Fsp3) is 0.647. The summed E-state index contributed by atoms with van der Waals surface area (Å²) in [5.41, 5.74) is 7.48. The summed E-state index contributed by atoms with van der Waals surface area (Å²) in [4.78, 5) is 2.41. The summed E-state index contributed by atoms with van der Waals surface area (Å²) in [6.45, 7) is 7.63. The SMILES string of the molecule is CCC(c1ccc(OC)cc1)N(C)CCC(N)C(C)C. The monoisotopic (exact) mass is 278 g/mol. The van der Waals surface area contributed by atoms with Crippen molar-refractivity contribution in [3.05, 3.63) is 29.8 Å². The number of nitrogens with zero attached hydrogens (tertiary/aromatic N) is 1. The van der Waals surface area contributed by atoms with Gasteiger partial charge in [-0.1, -0.05) is 32.9 Å². The topological polar surface area (TPSA) is 38.5 Å². The van der Waals surface area contributed by atoms with Gasteiger partial charge in [0.2, 0.25) is 0 Å². The summed E-state index contributed by atoms with van der Waals surface area (Å²) in [6.07, 6.45) is 2.14. The molecule has 0 aromatic heterocycles. The second kappa shape index (κ2) is 8.28. The number of hydrogen-bond acceptors (Lipinski definition) is 3. The first-order valence-electron chi connectivity index (χ1n) is 7.59. The molecule has 2 N–H and O–H groups in total. The number of hydrogen-bond donors (Lipinski definition) is 1. The summed E-state index contributed by atoms with van der Waals surface area (Å²) in [7, 11) is 3.89. The third kappa shape index (κ3) is 4.80. The zero-order chi connectivity index (χ0) is 15.1. The highest BCUT2D eigenvalue weighted by atomic mass is 16.5. The molecule has 0 spiro atoms. The lowest BCUT2D eigenvalue weighted by Gasteiger charge is -2.29. The maximum atomic E-state index is 6.14. The van der Waals surface area contributed by atoms with Gasteiger partial charge in [0, 0.05) is 12.1 Å². The van der Waals surface area contributed by atoms with Crippen LogP contribution in [0.25, 0.3) is 0 Å². The van der Waals surface area contributed by atoms with Gasteiger partial charge in [0.05, 0.1) is 7.11 Å². The molecule has 0 aliphatic carbocycles. The highest BCUT2D eigenvalue weighted by Gasteiger charge is 2.16. The second-order valence-corrected chi connectivity index (χ2v) is 5.87. The second-order valence-electron chi connectivity index (χ2n) is 5.87. The fourth-order valence-electron chi connectivity index (χ4n) is 2.47. The molecule has 0 radical (unpaired) electrons. The van der Waals surface area contributed by atoms with Crippen LogP contribution >= 0.6 is 0 Å². The maximum Gasteiger partial charge on any atom is 0.118 e. The Morgan fingerprint density at radius 2 is 1.80 bits per heavy atom. The van der Waals surface area contributed by atoms with Crippen molar-refractivity contribution < 1.29 is 4.74 Å². The smallest absolute Gasteiger partial charge is 0.118 e. The Bertz CT molecular complexity index is 375. The van der Waals surface area contributed by atoms with Crippen LogP contribution in [0.4, 0.5) is 0 Å². The van der Waals surface area contributed by atoms with Gasteiger partial charge in [-0.15, -0.1) is 0 Å². The van der Waals surface area contributed by atoms with E-state index in [1.165, 1.54) is 5.56 Å². The third-order valence-electron chi connectivity index (χ3n) is 4.09. The highest BCUT2D eigenvalue weighted by Crippen LogP contribution is 2.25. The van der Waals surface area contributed by atoms with Crippen molar-refractivity contribution in [1.82, 2.24) is 4.90 Å². The summed E-state index contributed by atoms with van der Waals surface area (Å²) < 4.78 is 5.22. The predicted octanol–water partition coefficient (Wildman–Crippen LogP) is 3.45. The molecule has 2 unspecified atom stereocenters. The normalized spacial score (nSPS) is 14.6. The van der Waals surface area contributed by atoms with E-state index in [-0.39, 0.29) is 6.04 Å². The molecule has 0 saturated heterocycles. The molecule has 1 rings (SSSR count). The van der Waals surface area contributed by atoms with Gasteiger partial charge in [0.25, 0.3) is 0 Å². The Balaban J connectivity index is 2.64. The minimum Gasteiger partial charge on any atom is -0.497 e.